The minimum Gasteiger partial charge on any atom is -1.00 e. The predicted octanol–water partition coefficient (Wildman–Crippen LogP) is -2.75. The van der Waals surface area contributed by atoms with Gasteiger partial charge in [0.15, 0.2) is 18.9 Å². The molecule has 0 spiro atoms. The van der Waals surface area contributed by atoms with Gasteiger partial charge in [-0.3, -0.25) is 0 Å². The Morgan fingerprint density at radius 2 is 1.35 bits per heavy atom. The molecule has 0 amide bonds. The maximum absolute atomic E-state index is 2.26. The summed E-state index contributed by atoms with van der Waals surface area (Å²) in [5.74, 6) is 0. The third-order valence-electron chi connectivity index (χ3n) is 3.43. The van der Waals surface area contributed by atoms with E-state index < -0.39 is 0 Å². The second-order valence-corrected chi connectivity index (χ2v) is 6.48. The van der Waals surface area contributed by atoms with E-state index in [1.165, 1.54) is 24.1 Å². The Kier molecular flexibility index (Phi) is 10.3. The van der Waals surface area contributed by atoms with E-state index in [1.54, 1.807) is 0 Å². The van der Waals surface area contributed by atoms with Crippen molar-refractivity contribution in [3.8, 4) is 0 Å². The van der Waals surface area contributed by atoms with Crippen molar-refractivity contribution in [3.05, 3.63) is 66.0 Å². The first kappa shape index (κ1) is 22.0. The Morgan fingerprint density at radius 3 is 1.87 bits per heavy atom. The molecule has 0 radical (unpaired) electrons. The Morgan fingerprint density at radius 1 is 0.826 bits per heavy atom. The summed E-state index contributed by atoms with van der Waals surface area (Å²) in [5, 5.41) is 0. The highest BCUT2D eigenvalue weighted by Crippen LogP contribution is 2.06. The summed E-state index contributed by atoms with van der Waals surface area (Å²) >= 11 is 0. The summed E-state index contributed by atoms with van der Waals surface area (Å²) < 4.78 is 3.29. The van der Waals surface area contributed by atoms with Crippen LogP contribution in [0.4, 0.5) is 0 Å². The summed E-state index contributed by atoms with van der Waals surface area (Å²) in [7, 11) is 6.71. The molecule has 0 bridgehead atoms. The van der Waals surface area contributed by atoms with Crippen LogP contribution in [0.25, 0.3) is 12.2 Å². The molecule has 0 unspecified atom stereocenters. The smallest absolute Gasteiger partial charge is 0.169 e. The molecule has 0 aliphatic heterocycles. The number of hydrogen-bond donors (Lipinski definition) is 0. The van der Waals surface area contributed by atoms with Crippen LogP contribution in [0.15, 0.2) is 54.9 Å². The zero-order chi connectivity index (χ0) is 15.1. The molecule has 0 fully saturated rings. The zero-order valence-electron chi connectivity index (χ0n) is 14.1. The highest BCUT2D eigenvalue weighted by atomic mass is 79.9. The molecule has 0 aliphatic carbocycles. The first-order valence-corrected chi connectivity index (χ1v) is 7.56. The van der Waals surface area contributed by atoms with Crippen molar-refractivity contribution in [2.24, 2.45) is 0 Å². The van der Waals surface area contributed by atoms with E-state index in [2.05, 4.69) is 86.7 Å². The van der Waals surface area contributed by atoms with E-state index in [0.717, 1.165) is 11.0 Å². The number of rotatable bonds is 6. The number of nitrogens with zero attached hydrogens (tertiary/aromatic N) is 2. The molecule has 0 saturated heterocycles. The van der Waals surface area contributed by atoms with Crippen molar-refractivity contribution in [1.29, 1.82) is 0 Å². The lowest BCUT2D eigenvalue weighted by Gasteiger charge is -2.22. The van der Waals surface area contributed by atoms with Crippen molar-refractivity contribution < 1.29 is 43.0 Å². The predicted molar refractivity (Wildman–Crippen MR) is 89.5 cm³/mol. The third kappa shape index (κ3) is 9.04. The van der Waals surface area contributed by atoms with Crippen molar-refractivity contribution in [2.75, 3.05) is 27.7 Å². The molecule has 0 atom stereocenters. The molecule has 0 N–H and O–H groups in total. The summed E-state index contributed by atoms with van der Waals surface area (Å²) in [6, 6.07) is 14.7. The molecular formula is C19H26Br2N2. The van der Waals surface area contributed by atoms with Gasteiger partial charge in [0.2, 0.25) is 0 Å². The van der Waals surface area contributed by atoms with E-state index in [-0.39, 0.29) is 34.0 Å². The fourth-order valence-corrected chi connectivity index (χ4v) is 2.21. The van der Waals surface area contributed by atoms with E-state index in [1.807, 2.05) is 6.07 Å². The van der Waals surface area contributed by atoms with E-state index in [4.69, 9.17) is 0 Å². The van der Waals surface area contributed by atoms with Crippen LogP contribution in [-0.4, -0.2) is 32.2 Å². The summed E-state index contributed by atoms with van der Waals surface area (Å²) in [6.45, 7) is 2.28. The Labute approximate surface area is 161 Å². The molecule has 1 aromatic carbocycles. The molecule has 4 heteroatoms. The number of halogens is 2. The van der Waals surface area contributed by atoms with Crippen LogP contribution in [-0.2, 0) is 6.54 Å². The van der Waals surface area contributed by atoms with E-state index in [9.17, 15) is 0 Å². The SMILES string of the molecule is C[N+](C)(C)CCC[n+]1ccc(/C=C/c2ccccc2)cc1.[Br-].[Br-]. The number of aryl methyl sites for hydroxylation is 1. The molecular weight excluding hydrogens is 416 g/mol. The summed E-state index contributed by atoms with van der Waals surface area (Å²) in [6.07, 6.45) is 9.84. The van der Waals surface area contributed by atoms with E-state index in [0.29, 0.717) is 0 Å². The van der Waals surface area contributed by atoms with Crippen molar-refractivity contribution >= 4 is 12.2 Å². The normalized spacial score (nSPS) is 10.9. The standard InChI is InChI=1S/C19H26N2.2BrH/c1-21(2,3)17-7-14-20-15-12-19(13-16-20)11-10-18-8-5-4-6-9-18;;/h4-6,8-13,15-16H,7,14,17H2,1-3H3;2*1H/q+2;;/p-2/b11-10+;;. The fraction of sp³-hybridized carbons (Fsp3) is 0.316. The lowest BCUT2D eigenvalue weighted by molar-refractivity contribution is -0.873. The molecule has 0 saturated carbocycles. The Balaban J connectivity index is 0.00000242. The van der Waals surface area contributed by atoms with Gasteiger partial charge in [-0.15, -0.1) is 0 Å². The second-order valence-electron chi connectivity index (χ2n) is 6.48. The van der Waals surface area contributed by atoms with Crippen molar-refractivity contribution in [2.45, 2.75) is 13.0 Å². The number of quaternary nitrogens is 1. The molecule has 1 aromatic heterocycles. The fourth-order valence-electron chi connectivity index (χ4n) is 2.21. The summed E-state index contributed by atoms with van der Waals surface area (Å²) in [4.78, 5) is 0. The van der Waals surface area contributed by atoms with Gasteiger partial charge in [-0.1, -0.05) is 42.5 Å². The molecule has 0 aliphatic rings. The van der Waals surface area contributed by atoms with E-state index >= 15 is 0 Å². The highest BCUT2D eigenvalue weighted by molar-refractivity contribution is 5.68. The lowest BCUT2D eigenvalue weighted by Crippen LogP contribution is -3.00. The average Bonchev–Trinajstić information content (AvgIpc) is 2.46. The van der Waals surface area contributed by atoms with Crippen LogP contribution >= 0.6 is 0 Å². The second kappa shape index (κ2) is 10.7. The topological polar surface area (TPSA) is 3.88 Å². The van der Waals surface area contributed by atoms with Gasteiger partial charge in [-0.2, -0.15) is 0 Å². The third-order valence-corrected chi connectivity index (χ3v) is 3.43. The molecule has 23 heavy (non-hydrogen) atoms. The van der Waals surface area contributed by atoms with Gasteiger partial charge in [0.25, 0.3) is 0 Å². The number of benzene rings is 1. The van der Waals surface area contributed by atoms with Crippen LogP contribution < -0.4 is 38.5 Å². The number of aromatic nitrogens is 1. The first-order valence-electron chi connectivity index (χ1n) is 7.56. The van der Waals surface area contributed by atoms with Crippen LogP contribution in [0.5, 0.6) is 0 Å². The molecule has 2 rings (SSSR count). The quantitative estimate of drug-likeness (QED) is 0.338. The van der Waals surface area contributed by atoms with Gasteiger partial charge in [-0.25, -0.2) is 4.57 Å². The molecule has 1 heterocycles. The average molecular weight is 442 g/mol. The maximum Gasteiger partial charge on any atom is 0.169 e. The zero-order valence-corrected chi connectivity index (χ0v) is 17.3. The maximum atomic E-state index is 2.26. The van der Waals surface area contributed by atoms with Gasteiger partial charge in [0, 0.05) is 12.1 Å². The minimum absolute atomic E-state index is 0. The van der Waals surface area contributed by atoms with Gasteiger partial charge in [0.05, 0.1) is 34.1 Å². The molecule has 2 aromatic rings. The highest BCUT2D eigenvalue weighted by Gasteiger charge is 2.08. The van der Waals surface area contributed by atoms with Gasteiger partial charge >= 0.3 is 0 Å². The summed E-state index contributed by atoms with van der Waals surface area (Å²) in [5.41, 5.74) is 2.47. The van der Waals surface area contributed by atoms with Crippen LogP contribution in [0.1, 0.15) is 17.5 Å². The largest absolute Gasteiger partial charge is 1.00 e. The van der Waals surface area contributed by atoms with Gasteiger partial charge in [-0.05, 0) is 11.1 Å². The molecule has 2 nitrogen and oxygen atoms in total. The first-order chi connectivity index (χ1) is 10.0. The Bertz CT molecular complexity index is 573. The minimum atomic E-state index is 0. The molecule has 126 valence electrons. The van der Waals surface area contributed by atoms with Gasteiger partial charge in [0.1, 0.15) is 0 Å². The van der Waals surface area contributed by atoms with Crippen molar-refractivity contribution in [1.82, 2.24) is 0 Å². The van der Waals surface area contributed by atoms with Crippen LogP contribution in [0.2, 0.25) is 0 Å². The van der Waals surface area contributed by atoms with Crippen LogP contribution in [0.3, 0.4) is 0 Å². The number of hydrogen-bond acceptors (Lipinski definition) is 0. The van der Waals surface area contributed by atoms with Gasteiger partial charge < -0.3 is 38.4 Å². The van der Waals surface area contributed by atoms with Crippen molar-refractivity contribution in [3.63, 3.8) is 0 Å². The lowest BCUT2D eigenvalue weighted by atomic mass is 10.1. The van der Waals surface area contributed by atoms with Crippen LogP contribution in [0, 0.1) is 0 Å². The monoisotopic (exact) mass is 440 g/mol. The number of pyridine rings is 1. The Hall–Kier alpha value is -0.970.